The minimum Gasteiger partial charge on any atom is -0.493 e. The van der Waals surface area contributed by atoms with Gasteiger partial charge < -0.3 is 14.2 Å². The Hall–Kier alpha value is -3.07. The summed E-state index contributed by atoms with van der Waals surface area (Å²) in [6.45, 7) is 7.49. The maximum atomic E-state index is 13.8. The second-order valence-electron chi connectivity index (χ2n) is 8.55. The van der Waals surface area contributed by atoms with Crippen LogP contribution < -0.4 is 24.4 Å². The molecule has 0 aliphatic carbocycles. The molecule has 2 heterocycles. The van der Waals surface area contributed by atoms with E-state index in [1.165, 1.54) is 15.9 Å². The first-order valence-electron chi connectivity index (χ1n) is 11.6. The summed E-state index contributed by atoms with van der Waals surface area (Å²) in [6.07, 6.45) is 1.64. The predicted octanol–water partition coefficient (Wildman–Crippen LogP) is 4.90. The number of allylic oxidation sites excluding steroid dienone is 1. The molecule has 4 rings (SSSR count). The van der Waals surface area contributed by atoms with Gasteiger partial charge in [-0.05, 0) is 69.2 Å². The first kappa shape index (κ1) is 27.0. The summed E-state index contributed by atoms with van der Waals surface area (Å²) < 4.78 is 18.7. The molecule has 10 heteroatoms. The summed E-state index contributed by atoms with van der Waals surface area (Å²) >= 11 is 13.6. The van der Waals surface area contributed by atoms with Crippen molar-refractivity contribution in [3.63, 3.8) is 0 Å². The Morgan fingerprint density at radius 3 is 2.59 bits per heavy atom. The summed E-state index contributed by atoms with van der Waals surface area (Å²) in [4.78, 5) is 31.9. The number of rotatable bonds is 7. The monoisotopic (exact) mass is 560 g/mol. The summed E-state index contributed by atoms with van der Waals surface area (Å²) in [7, 11) is 1.54. The van der Waals surface area contributed by atoms with Crippen molar-refractivity contribution < 1.29 is 19.0 Å². The Labute approximate surface area is 228 Å². The van der Waals surface area contributed by atoms with Gasteiger partial charge in [0.25, 0.3) is 5.56 Å². The Kier molecular flexibility index (Phi) is 8.11. The van der Waals surface area contributed by atoms with E-state index in [4.69, 9.17) is 37.4 Å². The van der Waals surface area contributed by atoms with Crippen LogP contribution in [0.5, 0.6) is 11.5 Å². The molecule has 0 fully saturated rings. The predicted molar refractivity (Wildman–Crippen MR) is 146 cm³/mol. The van der Waals surface area contributed by atoms with Crippen molar-refractivity contribution in [2.75, 3.05) is 13.7 Å². The summed E-state index contributed by atoms with van der Waals surface area (Å²) in [5, 5.41) is 0.918. The number of ether oxygens (including phenoxy) is 3. The van der Waals surface area contributed by atoms with E-state index in [0.29, 0.717) is 47.7 Å². The van der Waals surface area contributed by atoms with Crippen molar-refractivity contribution in [3.8, 4) is 11.5 Å². The Bertz CT molecular complexity index is 1570. The zero-order valence-electron chi connectivity index (χ0n) is 21.0. The summed E-state index contributed by atoms with van der Waals surface area (Å²) in [5.74, 6) is 0.508. The van der Waals surface area contributed by atoms with Crippen LogP contribution >= 0.6 is 34.5 Å². The van der Waals surface area contributed by atoms with Crippen LogP contribution in [0.4, 0.5) is 0 Å². The second kappa shape index (κ2) is 11.1. The van der Waals surface area contributed by atoms with Gasteiger partial charge in [0.2, 0.25) is 0 Å². The summed E-state index contributed by atoms with van der Waals surface area (Å²) in [5.41, 5.74) is 1.75. The third-order valence-electron chi connectivity index (χ3n) is 5.63. The lowest BCUT2D eigenvalue weighted by Gasteiger charge is -2.25. The van der Waals surface area contributed by atoms with E-state index in [0.717, 1.165) is 0 Å². The molecule has 0 saturated heterocycles. The van der Waals surface area contributed by atoms with Gasteiger partial charge in [0.15, 0.2) is 16.3 Å². The van der Waals surface area contributed by atoms with Gasteiger partial charge in [-0.25, -0.2) is 9.79 Å². The molecular weight excluding hydrogens is 535 g/mol. The minimum absolute atomic E-state index is 0.0608. The number of benzene rings is 2. The normalized spacial score (nSPS) is 15.5. The summed E-state index contributed by atoms with van der Waals surface area (Å²) in [6, 6.07) is 9.65. The number of nitrogens with zero attached hydrogens (tertiary/aromatic N) is 2. The van der Waals surface area contributed by atoms with Crippen LogP contribution in [0.3, 0.4) is 0 Å². The largest absolute Gasteiger partial charge is 0.493 e. The molecule has 1 aliphatic heterocycles. The lowest BCUT2D eigenvalue weighted by molar-refractivity contribution is -0.139. The molecule has 0 saturated carbocycles. The van der Waals surface area contributed by atoms with E-state index in [-0.39, 0.29) is 23.8 Å². The molecule has 194 valence electrons. The lowest BCUT2D eigenvalue weighted by atomic mass is 9.95. The molecule has 0 radical (unpaired) electrons. The van der Waals surface area contributed by atoms with E-state index in [9.17, 15) is 9.59 Å². The van der Waals surface area contributed by atoms with Crippen LogP contribution in [0.15, 0.2) is 57.5 Å². The second-order valence-corrected chi connectivity index (χ2v) is 10.4. The smallest absolute Gasteiger partial charge is 0.338 e. The number of methoxy groups -OCH3 is 1. The third kappa shape index (κ3) is 5.46. The van der Waals surface area contributed by atoms with E-state index in [1.54, 1.807) is 57.4 Å². The fourth-order valence-corrected chi connectivity index (χ4v) is 5.57. The van der Waals surface area contributed by atoms with Crippen LogP contribution in [0.1, 0.15) is 44.9 Å². The van der Waals surface area contributed by atoms with Crippen LogP contribution in [-0.2, 0) is 9.53 Å². The highest BCUT2D eigenvalue weighted by molar-refractivity contribution is 7.07. The van der Waals surface area contributed by atoms with Crippen molar-refractivity contribution in [2.45, 2.75) is 39.8 Å². The Morgan fingerprint density at radius 1 is 1.19 bits per heavy atom. The number of aromatic nitrogens is 1. The highest BCUT2D eigenvalue weighted by atomic mass is 35.5. The number of hydrogen-bond acceptors (Lipinski definition) is 7. The van der Waals surface area contributed by atoms with Crippen LogP contribution in [0, 0.1) is 0 Å². The molecule has 1 aliphatic rings. The number of hydrogen-bond donors (Lipinski definition) is 0. The van der Waals surface area contributed by atoms with E-state index < -0.39 is 12.0 Å². The van der Waals surface area contributed by atoms with E-state index >= 15 is 0 Å². The number of carbonyl (C=O) groups is 1. The average Bonchev–Trinajstić information content (AvgIpc) is 3.14. The van der Waals surface area contributed by atoms with Gasteiger partial charge in [0.05, 0.1) is 41.7 Å². The first-order chi connectivity index (χ1) is 17.6. The Balaban J connectivity index is 1.95. The zero-order chi connectivity index (χ0) is 26.9. The highest BCUT2D eigenvalue weighted by Crippen LogP contribution is 2.36. The SMILES string of the molecule is CCOC(=O)C1=C(C)N=c2s/c(=C\c3ccc(Cl)cc3Cl)c(=O)n2[C@@H]1c1ccc(OC(C)C)c(OC)c1. The number of thiazole rings is 1. The van der Waals surface area contributed by atoms with Gasteiger partial charge in [-0.2, -0.15) is 0 Å². The molecule has 1 atom stereocenters. The maximum Gasteiger partial charge on any atom is 0.338 e. The first-order valence-corrected chi connectivity index (χ1v) is 13.2. The van der Waals surface area contributed by atoms with Crippen molar-refractivity contribution in [1.82, 2.24) is 4.57 Å². The molecule has 3 aromatic rings. The van der Waals surface area contributed by atoms with Crippen LogP contribution in [-0.4, -0.2) is 30.4 Å². The lowest BCUT2D eigenvalue weighted by Crippen LogP contribution is -2.40. The number of fused-ring (bicyclic) bond motifs is 1. The van der Waals surface area contributed by atoms with E-state index in [2.05, 4.69) is 4.99 Å². The van der Waals surface area contributed by atoms with Crippen molar-refractivity contribution in [2.24, 2.45) is 4.99 Å². The quantitative estimate of drug-likeness (QED) is 0.384. The standard InChI is InChI=1S/C27H26Cl2N2O5S/c1-6-35-26(33)23-15(4)30-27-31(24(23)17-8-10-20(36-14(2)3)21(11-17)34-5)25(32)22(37-27)12-16-7-9-18(28)13-19(16)29/h7-14,24H,6H2,1-5H3/b22-12-/t24-/m1/s1. The molecule has 0 bridgehead atoms. The number of esters is 1. The molecule has 0 N–H and O–H groups in total. The van der Waals surface area contributed by atoms with Gasteiger partial charge in [0, 0.05) is 10.0 Å². The van der Waals surface area contributed by atoms with Gasteiger partial charge in [-0.1, -0.05) is 46.7 Å². The van der Waals surface area contributed by atoms with Gasteiger partial charge in [-0.15, -0.1) is 0 Å². The minimum atomic E-state index is -0.778. The van der Waals surface area contributed by atoms with Crippen molar-refractivity contribution in [3.05, 3.63) is 88.5 Å². The van der Waals surface area contributed by atoms with Gasteiger partial charge in [-0.3, -0.25) is 9.36 Å². The highest BCUT2D eigenvalue weighted by Gasteiger charge is 2.34. The molecule has 37 heavy (non-hydrogen) atoms. The van der Waals surface area contributed by atoms with Gasteiger partial charge >= 0.3 is 5.97 Å². The van der Waals surface area contributed by atoms with Crippen LogP contribution in [0.2, 0.25) is 10.0 Å². The molecule has 7 nitrogen and oxygen atoms in total. The Morgan fingerprint density at radius 2 is 1.95 bits per heavy atom. The van der Waals surface area contributed by atoms with Crippen LogP contribution in [0.25, 0.3) is 6.08 Å². The molecular formula is C27H26Cl2N2O5S. The van der Waals surface area contributed by atoms with Crippen molar-refractivity contribution in [1.29, 1.82) is 0 Å². The molecule has 1 aromatic heterocycles. The molecule has 0 amide bonds. The van der Waals surface area contributed by atoms with Gasteiger partial charge in [0.1, 0.15) is 0 Å². The number of carbonyl (C=O) groups excluding carboxylic acids is 1. The topological polar surface area (TPSA) is 79.1 Å². The molecule has 2 aromatic carbocycles. The molecule has 0 spiro atoms. The number of halogens is 2. The maximum absolute atomic E-state index is 13.8. The fraction of sp³-hybridized carbons (Fsp3) is 0.296. The fourth-order valence-electron chi connectivity index (χ4n) is 4.07. The van der Waals surface area contributed by atoms with Crippen molar-refractivity contribution >= 4 is 46.6 Å². The third-order valence-corrected chi connectivity index (χ3v) is 7.18. The zero-order valence-corrected chi connectivity index (χ0v) is 23.3. The molecule has 0 unspecified atom stereocenters. The van der Waals surface area contributed by atoms with E-state index in [1.807, 2.05) is 19.9 Å². The average molecular weight is 561 g/mol.